The third-order valence-corrected chi connectivity index (χ3v) is 5.49. The monoisotopic (exact) mass is 439 g/mol. The molecule has 0 spiro atoms. The molecule has 0 saturated carbocycles. The summed E-state index contributed by atoms with van der Waals surface area (Å²) in [6.45, 7) is 7.71. The van der Waals surface area contributed by atoms with Gasteiger partial charge in [-0.2, -0.15) is 0 Å². The van der Waals surface area contributed by atoms with Crippen LogP contribution in [0.25, 0.3) is 0 Å². The van der Waals surface area contributed by atoms with Crippen LogP contribution in [0.2, 0.25) is 5.02 Å². The number of anilines is 1. The van der Waals surface area contributed by atoms with E-state index < -0.39 is 17.9 Å². The SMILES string of the molecule is CCOC(=O)C1=C(C)N(c2ccc(Cl)cc2)C(C)=C(C(=O)OCC)C1c1ccccc1. The summed E-state index contributed by atoms with van der Waals surface area (Å²) in [5.41, 5.74) is 3.83. The van der Waals surface area contributed by atoms with Gasteiger partial charge in [-0.15, -0.1) is 0 Å². The highest BCUT2D eigenvalue weighted by molar-refractivity contribution is 6.30. The van der Waals surface area contributed by atoms with Crippen LogP contribution in [0.4, 0.5) is 5.69 Å². The third kappa shape index (κ3) is 4.52. The zero-order chi connectivity index (χ0) is 22.5. The van der Waals surface area contributed by atoms with Crippen molar-refractivity contribution in [2.45, 2.75) is 33.6 Å². The number of carbonyl (C=O) groups excluding carboxylic acids is 2. The Morgan fingerprint density at radius 2 is 1.32 bits per heavy atom. The first-order valence-electron chi connectivity index (χ1n) is 10.3. The van der Waals surface area contributed by atoms with E-state index in [9.17, 15) is 9.59 Å². The van der Waals surface area contributed by atoms with Gasteiger partial charge in [0.05, 0.1) is 30.3 Å². The van der Waals surface area contributed by atoms with Crippen molar-refractivity contribution in [1.29, 1.82) is 0 Å². The number of ether oxygens (including phenoxy) is 2. The minimum absolute atomic E-state index is 0.232. The second kappa shape index (κ2) is 9.84. The van der Waals surface area contributed by atoms with Gasteiger partial charge in [0, 0.05) is 22.1 Å². The van der Waals surface area contributed by atoms with E-state index in [4.69, 9.17) is 21.1 Å². The van der Waals surface area contributed by atoms with Gasteiger partial charge in [-0.05, 0) is 57.5 Å². The summed E-state index contributed by atoms with van der Waals surface area (Å²) in [5, 5.41) is 0.599. The van der Waals surface area contributed by atoms with Crippen LogP contribution in [0.5, 0.6) is 0 Å². The summed E-state index contributed by atoms with van der Waals surface area (Å²) in [6, 6.07) is 16.7. The van der Waals surface area contributed by atoms with Crippen molar-refractivity contribution < 1.29 is 19.1 Å². The van der Waals surface area contributed by atoms with Crippen LogP contribution in [0, 0.1) is 0 Å². The highest BCUT2D eigenvalue weighted by Crippen LogP contribution is 2.44. The molecule has 0 saturated heterocycles. The number of carbonyl (C=O) groups is 2. The number of rotatable bonds is 6. The number of halogens is 1. The van der Waals surface area contributed by atoms with Gasteiger partial charge in [0.2, 0.25) is 0 Å². The Hall–Kier alpha value is -3.05. The number of esters is 2. The Kier molecular flexibility index (Phi) is 7.18. The predicted octanol–water partition coefficient (Wildman–Crippen LogP) is 5.62. The van der Waals surface area contributed by atoms with Crippen molar-refractivity contribution in [3.63, 3.8) is 0 Å². The Morgan fingerprint density at radius 3 is 1.77 bits per heavy atom. The average Bonchev–Trinajstić information content (AvgIpc) is 2.75. The lowest BCUT2D eigenvalue weighted by molar-refractivity contribution is -0.139. The lowest BCUT2D eigenvalue weighted by Gasteiger charge is -2.38. The molecule has 0 N–H and O–H groups in total. The van der Waals surface area contributed by atoms with Gasteiger partial charge in [0.25, 0.3) is 0 Å². The van der Waals surface area contributed by atoms with Crippen molar-refractivity contribution >= 4 is 29.2 Å². The van der Waals surface area contributed by atoms with Crippen molar-refractivity contribution in [3.05, 3.63) is 87.7 Å². The van der Waals surface area contributed by atoms with Gasteiger partial charge in [-0.25, -0.2) is 9.59 Å². The van der Waals surface area contributed by atoms with E-state index in [-0.39, 0.29) is 13.2 Å². The largest absolute Gasteiger partial charge is 0.463 e. The number of hydrogen-bond acceptors (Lipinski definition) is 5. The summed E-state index contributed by atoms with van der Waals surface area (Å²) in [5.74, 6) is -1.51. The van der Waals surface area contributed by atoms with Crippen molar-refractivity contribution in [1.82, 2.24) is 0 Å². The first-order chi connectivity index (χ1) is 14.9. The second-order valence-corrected chi connectivity index (χ2v) is 7.53. The van der Waals surface area contributed by atoms with Crippen LogP contribution in [-0.2, 0) is 19.1 Å². The zero-order valence-corrected chi connectivity index (χ0v) is 18.9. The maximum absolute atomic E-state index is 13.2. The molecule has 0 radical (unpaired) electrons. The molecule has 5 nitrogen and oxygen atoms in total. The Labute approximate surface area is 187 Å². The van der Waals surface area contributed by atoms with Crippen LogP contribution in [0.1, 0.15) is 39.2 Å². The molecule has 31 heavy (non-hydrogen) atoms. The first kappa shape index (κ1) is 22.6. The molecule has 0 unspecified atom stereocenters. The molecule has 0 bridgehead atoms. The van der Waals surface area contributed by atoms with Crippen molar-refractivity contribution in [3.8, 4) is 0 Å². The Balaban J connectivity index is 2.30. The summed E-state index contributed by atoms with van der Waals surface area (Å²) in [7, 11) is 0. The van der Waals surface area contributed by atoms with E-state index in [2.05, 4.69) is 0 Å². The zero-order valence-electron chi connectivity index (χ0n) is 18.1. The average molecular weight is 440 g/mol. The van der Waals surface area contributed by atoms with E-state index in [0.717, 1.165) is 11.3 Å². The molecule has 6 heteroatoms. The van der Waals surface area contributed by atoms with Crippen molar-refractivity contribution in [2.24, 2.45) is 0 Å². The standard InChI is InChI=1S/C25H26ClNO4/c1-5-30-24(28)21-16(3)27(20-14-12-19(26)13-15-20)17(4)22(25(29)31-6-2)23(21)18-10-8-7-9-11-18/h7-15,23H,5-6H2,1-4H3. The molecule has 0 aliphatic carbocycles. The topological polar surface area (TPSA) is 55.8 Å². The molecule has 0 atom stereocenters. The van der Waals surface area contributed by atoms with Crippen LogP contribution in [-0.4, -0.2) is 25.2 Å². The van der Waals surface area contributed by atoms with Crippen LogP contribution >= 0.6 is 11.6 Å². The summed E-state index contributed by atoms with van der Waals surface area (Å²) in [4.78, 5) is 28.2. The van der Waals surface area contributed by atoms with Gasteiger partial charge < -0.3 is 14.4 Å². The van der Waals surface area contributed by atoms with Gasteiger partial charge in [0.1, 0.15) is 0 Å². The molecule has 2 aromatic carbocycles. The van der Waals surface area contributed by atoms with Gasteiger partial charge in [0.15, 0.2) is 0 Å². The maximum Gasteiger partial charge on any atom is 0.336 e. The van der Waals surface area contributed by atoms with Gasteiger partial charge >= 0.3 is 11.9 Å². The fourth-order valence-electron chi connectivity index (χ4n) is 3.96. The van der Waals surface area contributed by atoms with Gasteiger partial charge in [-0.3, -0.25) is 0 Å². The van der Waals surface area contributed by atoms with E-state index in [1.807, 2.05) is 61.2 Å². The van der Waals surface area contributed by atoms with E-state index in [0.29, 0.717) is 27.6 Å². The number of nitrogens with zero attached hydrogens (tertiary/aromatic N) is 1. The summed E-state index contributed by atoms with van der Waals surface area (Å²) < 4.78 is 10.8. The fourth-order valence-corrected chi connectivity index (χ4v) is 4.09. The van der Waals surface area contributed by atoms with E-state index in [1.54, 1.807) is 26.0 Å². The first-order valence-corrected chi connectivity index (χ1v) is 10.6. The predicted molar refractivity (Wildman–Crippen MR) is 122 cm³/mol. The number of hydrogen-bond donors (Lipinski definition) is 0. The molecule has 0 amide bonds. The summed E-state index contributed by atoms with van der Waals surface area (Å²) >= 11 is 6.08. The van der Waals surface area contributed by atoms with Crippen LogP contribution in [0.15, 0.2) is 77.1 Å². The maximum atomic E-state index is 13.2. The molecule has 2 aromatic rings. The molecular weight excluding hydrogens is 414 g/mol. The fraction of sp³-hybridized carbons (Fsp3) is 0.280. The molecule has 0 aromatic heterocycles. The quantitative estimate of drug-likeness (QED) is 0.547. The van der Waals surface area contributed by atoms with Crippen LogP contribution in [0.3, 0.4) is 0 Å². The van der Waals surface area contributed by atoms with Crippen LogP contribution < -0.4 is 4.90 Å². The molecule has 1 aliphatic heterocycles. The molecule has 1 heterocycles. The molecule has 0 fully saturated rings. The van der Waals surface area contributed by atoms with E-state index >= 15 is 0 Å². The van der Waals surface area contributed by atoms with Crippen molar-refractivity contribution in [2.75, 3.05) is 18.1 Å². The van der Waals surface area contributed by atoms with Gasteiger partial charge in [-0.1, -0.05) is 41.9 Å². The highest BCUT2D eigenvalue weighted by atomic mass is 35.5. The normalized spacial score (nSPS) is 14.7. The number of allylic oxidation sites excluding steroid dienone is 2. The molecule has 162 valence electrons. The minimum atomic E-state index is -0.595. The Bertz CT molecular complexity index is 983. The summed E-state index contributed by atoms with van der Waals surface area (Å²) in [6.07, 6.45) is 0. The molecule has 1 aliphatic rings. The lowest BCUT2D eigenvalue weighted by Crippen LogP contribution is -2.35. The smallest absolute Gasteiger partial charge is 0.336 e. The lowest BCUT2D eigenvalue weighted by atomic mass is 9.79. The Morgan fingerprint density at radius 1 is 0.839 bits per heavy atom. The second-order valence-electron chi connectivity index (χ2n) is 7.09. The highest BCUT2D eigenvalue weighted by Gasteiger charge is 2.40. The number of benzene rings is 2. The van der Waals surface area contributed by atoms with E-state index in [1.165, 1.54) is 0 Å². The molecular formula is C25H26ClNO4. The minimum Gasteiger partial charge on any atom is -0.463 e. The third-order valence-electron chi connectivity index (χ3n) is 5.24. The molecule has 3 rings (SSSR count).